The third kappa shape index (κ3) is 3.06. The summed E-state index contributed by atoms with van der Waals surface area (Å²) in [6.45, 7) is 0. The molecule has 0 unspecified atom stereocenters. The van der Waals surface area contributed by atoms with Gasteiger partial charge in [-0.15, -0.1) is 0 Å². The fourth-order valence-corrected chi connectivity index (χ4v) is 2.01. The number of nitrogens with one attached hydrogen (secondary N) is 2. The van der Waals surface area contributed by atoms with Crippen molar-refractivity contribution >= 4 is 44.9 Å². The van der Waals surface area contributed by atoms with Gasteiger partial charge < -0.3 is 10.7 Å². The number of hydrogen-bond acceptors (Lipinski definition) is 5. The van der Waals surface area contributed by atoms with Crippen molar-refractivity contribution in [1.29, 1.82) is 0 Å². The highest BCUT2D eigenvalue weighted by molar-refractivity contribution is 9.10. The number of nitrogens with two attached hydrogens (primary N) is 1. The van der Waals surface area contributed by atoms with Crippen LogP contribution in [0.1, 0.15) is 0 Å². The van der Waals surface area contributed by atoms with Crippen LogP contribution in [0.25, 0.3) is 0 Å². The molecule has 88 valence electrons. The molecule has 0 aliphatic rings. The van der Waals surface area contributed by atoms with Crippen LogP contribution in [-0.2, 0) is 0 Å². The van der Waals surface area contributed by atoms with E-state index in [4.69, 9.17) is 17.4 Å². The second-order valence-electron chi connectivity index (χ2n) is 3.18. The van der Waals surface area contributed by atoms with E-state index in [1.807, 2.05) is 6.07 Å². The third-order valence-electron chi connectivity index (χ3n) is 1.98. The summed E-state index contributed by atoms with van der Waals surface area (Å²) in [4.78, 5) is 8.18. The molecule has 7 heteroatoms. The molecule has 0 saturated heterocycles. The van der Waals surface area contributed by atoms with E-state index in [-0.39, 0.29) is 0 Å². The molecular formula is C10H9BrClN5. The van der Waals surface area contributed by atoms with Crippen LogP contribution in [0.2, 0.25) is 5.02 Å². The topological polar surface area (TPSA) is 75.9 Å². The Bertz CT molecular complexity index is 534. The molecule has 2 aromatic rings. The molecule has 5 nitrogen and oxygen atoms in total. The Morgan fingerprint density at radius 3 is 2.71 bits per heavy atom. The zero-order valence-corrected chi connectivity index (χ0v) is 11.0. The maximum absolute atomic E-state index is 5.86. The van der Waals surface area contributed by atoms with Crippen LogP contribution in [0.5, 0.6) is 0 Å². The average molecular weight is 315 g/mol. The van der Waals surface area contributed by atoms with E-state index >= 15 is 0 Å². The SMILES string of the molecule is NNc1cncc(Nc2ccc(Cl)cc2Br)n1. The molecular weight excluding hydrogens is 306 g/mol. The first-order valence-corrected chi connectivity index (χ1v) is 5.87. The van der Waals surface area contributed by atoms with E-state index in [2.05, 4.69) is 36.6 Å². The monoisotopic (exact) mass is 313 g/mol. The number of hydrogen-bond donors (Lipinski definition) is 3. The van der Waals surface area contributed by atoms with Crippen LogP contribution >= 0.6 is 27.5 Å². The summed E-state index contributed by atoms with van der Waals surface area (Å²) in [5.74, 6) is 6.33. The minimum atomic E-state index is 0.486. The standard InChI is InChI=1S/C10H9BrClN5/c11-7-3-6(12)1-2-8(7)15-9-4-14-5-10(16-9)17-13/h1-5H,13H2,(H2,15,16,17). The van der Waals surface area contributed by atoms with E-state index in [0.29, 0.717) is 16.7 Å². The van der Waals surface area contributed by atoms with E-state index in [9.17, 15) is 0 Å². The first-order valence-electron chi connectivity index (χ1n) is 4.70. The van der Waals surface area contributed by atoms with E-state index in [1.165, 1.54) is 6.20 Å². The molecule has 0 aliphatic heterocycles. The van der Waals surface area contributed by atoms with Gasteiger partial charge >= 0.3 is 0 Å². The highest BCUT2D eigenvalue weighted by Gasteiger charge is 2.03. The van der Waals surface area contributed by atoms with Gasteiger partial charge in [-0.05, 0) is 34.1 Å². The van der Waals surface area contributed by atoms with E-state index in [1.54, 1.807) is 18.3 Å². The lowest BCUT2D eigenvalue weighted by molar-refractivity contribution is 1.16. The molecule has 0 spiro atoms. The van der Waals surface area contributed by atoms with Gasteiger partial charge in [-0.2, -0.15) is 0 Å². The Morgan fingerprint density at radius 1 is 1.24 bits per heavy atom. The number of aromatic nitrogens is 2. The largest absolute Gasteiger partial charge is 0.338 e. The highest BCUT2D eigenvalue weighted by atomic mass is 79.9. The zero-order valence-electron chi connectivity index (χ0n) is 8.61. The lowest BCUT2D eigenvalue weighted by Crippen LogP contribution is -2.09. The second-order valence-corrected chi connectivity index (χ2v) is 4.47. The molecule has 17 heavy (non-hydrogen) atoms. The summed E-state index contributed by atoms with van der Waals surface area (Å²) in [5.41, 5.74) is 3.28. The highest BCUT2D eigenvalue weighted by Crippen LogP contribution is 2.28. The van der Waals surface area contributed by atoms with Crippen molar-refractivity contribution in [2.45, 2.75) is 0 Å². The van der Waals surface area contributed by atoms with Gasteiger partial charge in [-0.3, -0.25) is 4.98 Å². The van der Waals surface area contributed by atoms with Gasteiger partial charge in [-0.1, -0.05) is 11.6 Å². The van der Waals surface area contributed by atoms with Crippen molar-refractivity contribution in [3.05, 3.63) is 40.1 Å². The third-order valence-corrected chi connectivity index (χ3v) is 2.87. The van der Waals surface area contributed by atoms with Crippen LogP contribution in [0.3, 0.4) is 0 Å². The first-order chi connectivity index (χ1) is 8.19. The van der Waals surface area contributed by atoms with E-state index in [0.717, 1.165) is 10.2 Å². The summed E-state index contributed by atoms with van der Waals surface area (Å²) >= 11 is 9.26. The predicted molar refractivity (Wildman–Crippen MR) is 72.3 cm³/mol. The van der Waals surface area contributed by atoms with Gasteiger partial charge in [0.25, 0.3) is 0 Å². The van der Waals surface area contributed by atoms with Crippen molar-refractivity contribution in [3.8, 4) is 0 Å². The first kappa shape index (κ1) is 12.1. The minimum absolute atomic E-state index is 0.486. The number of nitrogen functional groups attached to an aromatic ring is 1. The van der Waals surface area contributed by atoms with E-state index < -0.39 is 0 Å². The van der Waals surface area contributed by atoms with Crippen LogP contribution < -0.4 is 16.6 Å². The quantitative estimate of drug-likeness (QED) is 0.600. The Morgan fingerprint density at radius 2 is 2.00 bits per heavy atom. The van der Waals surface area contributed by atoms with Crippen LogP contribution in [-0.4, -0.2) is 9.97 Å². The van der Waals surface area contributed by atoms with Crippen molar-refractivity contribution in [2.75, 3.05) is 10.7 Å². The Balaban J connectivity index is 2.25. The lowest BCUT2D eigenvalue weighted by Gasteiger charge is -2.08. The number of nitrogens with zero attached hydrogens (tertiary/aromatic N) is 2. The maximum atomic E-state index is 5.86. The Kier molecular flexibility index (Phi) is 3.78. The van der Waals surface area contributed by atoms with Gasteiger partial charge in [0.15, 0.2) is 11.6 Å². The van der Waals surface area contributed by atoms with Crippen LogP contribution in [0.4, 0.5) is 17.3 Å². The molecule has 0 saturated carbocycles. The molecule has 1 aromatic heterocycles. The van der Waals surface area contributed by atoms with Crippen molar-refractivity contribution in [1.82, 2.24) is 9.97 Å². The van der Waals surface area contributed by atoms with Crippen molar-refractivity contribution < 1.29 is 0 Å². The second kappa shape index (κ2) is 5.31. The normalized spacial score (nSPS) is 10.1. The molecule has 0 bridgehead atoms. The zero-order chi connectivity index (χ0) is 12.3. The van der Waals surface area contributed by atoms with Crippen molar-refractivity contribution in [2.24, 2.45) is 5.84 Å². The number of halogens is 2. The molecule has 4 N–H and O–H groups in total. The van der Waals surface area contributed by atoms with Gasteiger partial charge in [0, 0.05) is 9.50 Å². The van der Waals surface area contributed by atoms with Gasteiger partial charge in [-0.25, -0.2) is 10.8 Å². The smallest absolute Gasteiger partial charge is 0.160 e. The molecule has 0 amide bonds. The Hall–Kier alpha value is -1.37. The number of benzene rings is 1. The van der Waals surface area contributed by atoms with Gasteiger partial charge in [0.2, 0.25) is 0 Å². The maximum Gasteiger partial charge on any atom is 0.160 e. The Labute approximate surface area is 112 Å². The van der Waals surface area contributed by atoms with Gasteiger partial charge in [0.05, 0.1) is 18.1 Å². The van der Waals surface area contributed by atoms with Gasteiger partial charge in [0.1, 0.15) is 0 Å². The molecule has 0 radical (unpaired) electrons. The molecule has 2 rings (SSSR count). The fourth-order valence-electron chi connectivity index (χ4n) is 1.22. The average Bonchev–Trinajstić information content (AvgIpc) is 2.33. The summed E-state index contributed by atoms with van der Waals surface area (Å²) in [6, 6.07) is 5.42. The fraction of sp³-hybridized carbons (Fsp3) is 0. The summed E-state index contributed by atoms with van der Waals surface area (Å²) in [6.07, 6.45) is 3.13. The van der Waals surface area contributed by atoms with Crippen molar-refractivity contribution in [3.63, 3.8) is 0 Å². The summed E-state index contributed by atoms with van der Waals surface area (Å²) < 4.78 is 0.845. The number of anilines is 3. The number of hydrazine groups is 1. The summed E-state index contributed by atoms with van der Waals surface area (Å²) in [7, 11) is 0. The number of rotatable bonds is 3. The summed E-state index contributed by atoms with van der Waals surface area (Å²) in [5, 5.41) is 3.76. The van der Waals surface area contributed by atoms with Crippen LogP contribution in [0, 0.1) is 0 Å². The van der Waals surface area contributed by atoms with Crippen LogP contribution in [0.15, 0.2) is 35.1 Å². The lowest BCUT2D eigenvalue weighted by atomic mass is 10.3. The predicted octanol–water partition coefficient (Wildman–Crippen LogP) is 2.92. The molecule has 1 heterocycles. The minimum Gasteiger partial charge on any atom is -0.338 e. The molecule has 0 fully saturated rings. The molecule has 1 aromatic carbocycles. The molecule has 0 atom stereocenters. The molecule has 0 aliphatic carbocycles.